The Labute approximate surface area is 92.5 Å². The first kappa shape index (κ1) is 12.0. The first-order valence-corrected chi connectivity index (χ1v) is 5.80. The Hall–Kier alpha value is -1.11. The molecule has 0 saturated heterocycles. The van der Waals surface area contributed by atoms with Crippen LogP contribution in [0.15, 0.2) is 30.3 Å². The van der Waals surface area contributed by atoms with E-state index >= 15 is 0 Å². The minimum atomic E-state index is 0.385. The minimum absolute atomic E-state index is 0.385. The molecule has 1 heteroatoms. The predicted molar refractivity (Wildman–Crippen MR) is 64.0 cm³/mol. The second-order valence-corrected chi connectivity index (χ2v) is 4.10. The van der Waals surface area contributed by atoms with Crippen LogP contribution in [0.4, 0.5) is 0 Å². The highest BCUT2D eigenvalue weighted by molar-refractivity contribution is 5.77. The predicted octanol–water partition coefficient (Wildman–Crippen LogP) is 3.94. The van der Waals surface area contributed by atoms with Gasteiger partial charge in [0.15, 0.2) is 0 Å². The van der Waals surface area contributed by atoms with Crippen molar-refractivity contribution in [1.82, 2.24) is 0 Å². The topological polar surface area (TPSA) is 17.1 Å². The Bertz CT molecular complexity index is 289. The van der Waals surface area contributed by atoms with Crippen molar-refractivity contribution >= 4 is 5.78 Å². The Balaban J connectivity index is 2.31. The first-order chi connectivity index (χ1) is 7.24. The third-order valence-corrected chi connectivity index (χ3v) is 2.86. The largest absolute Gasteiger partial charge is 0.300 e. The number of hydrogen-bond acceptors (Lipinski definition) is 1. The molecule has 0 fully saturated rings. The molecule has 0 aromatic heterocycles. The Kier molecular flexibility index (Phi) is 5.09. The van der Waals surface area contributed by atoms with Crippen LogP contribution in [0.25, 0.3) is 0 Å². The smallest absolute Gasteiger partial charge is 0.132 e. The van der Waals surface area contributed by atoms with Gasteiger partial charge in [0, 0.05) is 12.8 Å². The Morgan fingerprint density at radius 2 is 1.93 bits per heavy atom. The van der Waals surface area contributed by atoms with Gasteiger partial charge in [-0.1, -0.05) is 44.2 Å². The zero-order valence-corrected chi connectivity index (χ0v) is 9.70. The van der Waals surface area contributed by atoms with Crippen LogP contribution in [0, 0.1) is 0 Å². The number of rotatable bonds is 6. The first-order valence-electron chi connectivity index (χ1n) is 5.80. The average molecular weight is 204 g/mol. The summed E-state index contributed by atoms with van der Waals surface area (Å²) in [5.74, 6) is 0.950. The monoisotopic (exact) mass is 204 g/mol. The summed E-state index contributed by atoms with van der Waals surface area (Å²) in [7, 11) is 0. The van der Waals surface area contributed by atoms with Crippen LogP contribution in [0.3, 0.4) is 0 Å². The van der Waals surface area contributed by atoms with Gasteiger partial charge in [-0.05, 0) is 24.3 Å². The third-order valence-electron chi connectivity index (χ3n) is 2.86. The Morgan fingerprint density at radius 3 is 2.53 bits per heavy atom. The van der Waals surface area contributed by atoms with Crippen molar-refractivity contribution < 1.29 is 4.79 Å². The summed E-state index contributed by atoms with van der Waals surface area (Å²) in [4.78, 5) is 11.1. The molecular formula is C14H20O. The van der Waals surface area contributed by atoms with E-state index in [1.807, 2.05) is 13.0 Å². The van der Waals surface area contributed by atoms with Gasteiger partial charge in [0.1, 0.15) is 5.78 Å². The summed E-state index contributed by atoms with van der Waals surface area (Å²) in [6.45, 7) is 4.16. The maximum atomic E-state index is 11.1. The van der Waals surface area contributed by atoms with Crippen LogP contribution in [0.1, 0.15) is 51.0 Å². The van der Waals surface area contributed by atoms with Gasteiger partial charge in [-0.15, -0.1) is 0 Å². The summed E-state index contributed by atoms with van der Waals surface area (Å²) in [5.41, 5.74) is 1.38. The number of benzene rings is 1. The van der Waals surface area contributed by atoms with Gasteiger partial charge >= 0.3 is 0 Å². The summed E-state index contributed by atoms with van der Waals surface area (Å²) in [6, 6.07) is 10.5. The highest BCUT2D eigenvalue weighted by Gasteiger charge is 2.05. The second-order valence-electron chi connectivity index (χ2n) is 4.10. The Morgan fingerprint density at radius 1 is 1.27 bits per heavy atom. The normalized spacial score (nSPS) is 12.4. The van der Waals surface area contributed by atoms with Gasteiger partial charge in [0.25, 0.3) is 0 Å². The number of carbonyl (C=O) groups is 1. The summed E-state index contributed by atoms with van der Waals surface area (Å²) in [5, 5.41) is 0. The summed E-state index contributed by atoms with van der Waals surface area (Å²) in [6.07, 6.45) is 3.55. The van der Waals surface area contributed by atoms with E-state index in [1.165, 1.54) is 5.56 Å². The zero-order chi connectivity index (χ0) is 11.1. The quantitative estimate of drug-likeness (QED) is 0.686. The molecule has 0 aliphatic heterocycles. The molecule has 0 heterocycles. The summed E-state index contributed by atoms with van der Waals surface area (Å²) >= 11 is 0. The molecule has 0 saturated carbocycles. The van der Waals surface area contributed by atoms with Gasteiger partial charge in [0.05, 0.1) is 0 Å². The molecule has 0 N–H and O–H groups in total. The highest BCUT2D eigenvalue weighted by Crippen LogP contribution is 2.20. The van der Waals surface area contributed by atoms with Gasteiger partial charge in [-0.25, -0.2) is 0 Å². The molecule has 15 heavy (non-hydrogen) atoms. The van der Waals surface area contributed by atoms with Gasteiger partial charge in [-0.3, -0.25) is 4.79 Å². The fourth-order valence-electron chi connectivity index (χ4n) is 1.73. The van der Waals surface area contributed by atoms with Crippen LogP contribution in [-0.4, -0.2) is 5.78 Å². The van der Waals surface area contributed by atoms with Crippen molar-refractivity contribution in [2.45, 2.75) is 45.4 Å². The molecule has 0 amide bonds. The number of hydrogen-bond donors (Lipinski definition) is 0. The van der Waals surface area contributed by atoms with Crippen molar-refractivity contribution in [2.75, 3.05) is 0 Å². The number of ketones is 1. The summed E-state index contributed by atoms with van der Waals surface area (Å²) < 4.78 is 0. The maximum absolute atomic E-state index is 11.1. The van der Waals surface area contributed by atoms with Crippen molar-refractivity contribution in [2.24, 2.45) is 0 Å². The lowest BCUT2D eigenvalue weighted by molar-refractivity contribution is -0.118. The molecule has 0 unspecified atom stereocenters. The van der Waals surface area contributed by atoms with E-state index in [2.05, 4.69) is 31.2 Å². The fourth-order valence-corrected chi connectivity index (χ4v) is 1.73. The van der Waals surface area contributed by atoms with Crippen LogP contribution in [-0.2, 0) is 4.79 Å². The molecule has 82 valence electrons. The van der Waals surface area contributed by atoms with E-state index in [0.717, 1.165) is 19.3 Å². The molecule has 1 rings (SSSR count). The lowest BCUT2D eigenvalue weighted by Crippen LogP contribution is -1.98. The molecule has 0 aliphatic rings. The SMILES string of the molecule is CCC(=O)CCC[C@@H](C)c1ccccc1. The van der Waals surface area contributed by atoms with Crippen LogP contribution >= 0.6 is 0 Å². The molecule has 1 aromatic carbocycles. The molecule has 1 nitrogen and oxygen atoms in total. The standard InChI is InChI=1S/C14H20O/c1-3-14(15)11-7-8-12(2)13-9-5-4-6-10-13/h4-6,9-10,12H,3,7-8,11H2,1-2H3/t12-/m1/s1. The van der Waals surface area contributed by atoms with Gasteiger partial charge in [-0.2, -0.15) is 0 Å². The second kappa shape index (κ2) is 6.39. The van der Waals surface area contributed by atoms with E-state index in [1.54, 1.807) is 0 Å². The van der Waals surface area contributed by atoms with E-state index in [0.29, 0.717) is 18.1 Å². The van der Waals surface area contributed by atoms with Crippen molar-refractivity contribution in [1.29, 1.82) is 0 Å². The molecule has 1 atom stereocenters. The molecule has 0 bridgehead atoms. The minimum Gasteiger partial charge on any atom is -0.300 e. The lowest BCUT2D eigenvalue weighted by Gasteiger charge is -2.10. The van der Waals surface area contributed by atoms with Crippen molar-refractivity contribution in [3.8, 4) is 0 Å². The van der Waals surface area contributed by atoms with Gasteiger partial charge in [0.2, 0.25) is 0 Å². The fraction of sp³-hybridized carbons (Fsp3) is 0.500. The maximum Gasteiger partial charge on any atom is 0.132 e. The van der Waals surface area contributed by atoms with E-state index in [4.69, 9.17) is 0 Å². The van der Waals surface area contributed by atoms with Gasteiger partial charge < -0.3 is 0 Å². The van der Waals surface area contributed by atoms with Crippen molar-refractivity contribution in [3.63, 3.8) is 0 Å². The van der Waals surface area contributed by atoms with E-state index < -0.39 is 0 Å². The molecule has 1 aromatic rings. The van der Waals surface area contributed by atoms with Crippen LogP contribution < -0.4 is 0 Å². The third kappa shape index (κ3) is 4.28. The molecule has 0 aliphatic carbocycles. The molecule has 0 radical (unpaired) electrons. The molecule has 0 spiro atoms. The highest BCUT2D eigenvalue weighted by atomic mass is 16.1. The molecular weight excluding hydrogens is 184 g/mol. The number of carbonyl (C=O) groups excluding carboxylic acids is 1. The zero-order valence-electron chi connectivity index (χ0n) is 9.70. The van der Waals surface area contributed by atoms with E-state index in [9.17, 15) is 4.79 Å². The van der Waals surface area contributed by atoms with E-state index in [-0.39, 0.29) is 0 Å². The number of Topliss-reactive ketones (excluding diaryl/α,β-unsaturated/α-hetero) is 1. The lowest BCUT2D eigenvalue weighted by atomic mass is 9.95. The van der Waals surface area contributed by atoms with Crippen LogP contribution in [0.2, 0.25) is 0 Å². The van der Waals surface area contributed by atoms with Crippen molar-refractivity contribution in [3.05, 3.63) is 35.9 Å². The van der Waals surface area contributed by atoms with Crippen LogP contribution in [0.5, 0.6) is 0 Å². The average Bonchev–Trinajstić information content (AvgIpc) is 2.29.